The summed E-state index contributed by atoms with van der Waals surface area (Å²) >= 11 is 6.20. The van der Waals surface area contributed by atoms with Gasteiger partial charge in [0.15, 0.2) is 0 Å². The normalized spacial score (nSPS) is 16.3. The van der Waals surface area contributed by atoms with Crippen molar-refractivity contribution in [1.82, 2.24) is 10.2 Å². The zero-order valence-electron chi connectivity index (χ0n) is 15.5. The molecule has 0 aromatic heterocycles. The van der Waals surface area contributed by atoms with Gasteiger partial charge in [-0.3, -0.25) is 9.59 Å². The van der Waals surface area contributed by atoms with E-state index in [0.717, 1.165) is 5.56 Å². The number of rotatable bonds is 6. The standard InChI is InChI=1S/C20H22ClN3O3.ClH/c1-27-16-7-4-6-15(11-16)23-19(25)12-18-20(26)24(10-9-22-18)13-14-5-2-3-8-17(14)21;/h2-8,11,18,22H,9-10,12-13H2,1H3,(H,23,25);1H. The summed E-state index contributed by atoms with van der Waals surface area (Å²) in [5.41, 5.74) is 1.53. The van der Waals surface area contributed by atoms with Crippen molar-refractivity contribution in [1.29, 1.82) is 0 Å². The molecule has 28 heavy (non-hydrogen) atoms. The van der Waals surface area contributed by atoms with Crippen LogP contribution in [0.5, 0.6) is 5.75 Å². The number of halogens is 2. The van der Waals surface area contributed by atoms with E-state index in [0.29, 0.717) is 36.1 Å². The summed E-state index contributed by atoms with van der Waals surface area (Å²) in [6.45, 7) is 1.65. The molecule has 0 aliphatic carbocycles. The fourth-order valence-electron chi connectivity index (χ4n) is 3.04. The molecule has 0 radical (unpaired) electrons. The Labute approximate surface area is 175 Å². The number of hydrogen-bond donors (Lipinski definition) is 2. The molecule has 2 aromatic rings. The van der Waals surface area contributed by atoms with Crippen LogP contribution in [0.2, 0.25) is 5.02 Å². The Morgan fingerprint density at radius 3 is 2.82 bits per heavy atom. The molecular weight excluding hydrogens is 401 g/mol. The summed E-state index contributed by atoms with van der Waals surface area (Å²) in [5.74, 6) is 0.334. The summed E-state index contributed by atoms with van der Waals surface area (Å²) < 4.78 is 5.15. The molecule has 0 saturated carbocycles. The Balaban J connectivity index is 0.00000280. The number of benzene rings is 2. The number of anilines is 1. The van der Waals surface area contributed by atoms with Crippen molar-refractivity contribution >= 4 is 41.5 Å². The van der Waals surface area contributed by atoms with Crippen molar-refractivity contribution in [2.75, 3.05) is 25.5 Å². The zero-order valence-corrected chi connectivity index (χ0v) is 17.1. The average Bonchev–Trinajstić information content (AvgIpc) is 2.67. The first-order valence-electron chi connectivity index (χ1n) is 8.76. The molecule has 6 nitrogen and oxygen atoms in total. The number of carbonyl (C=O) groups is 2. The third-order valence-electron chi connectivity index (χ3n) is 4.44. The van der Waals surface area contributed by atoms with Gasteiger partial charge in [-0.15, -0.1) is 12.4 Å². The number of nitrogens with zero attached hydrogens (tertiary/aromatic N) is 1. The highest BCUT2D eigenvalue weighted by Crippen LogP contribution is 2.20. The fourth-order valence-corrected chi connectivity index (χ4v) is 3.23. The molecule has 1 aliphatic heterocycles. The Morgan fingerprint density at radius 2 is 2.07 bits per heavy atom. The minimum Gasteiger partial charge on any atom is -0.497 e. The van der Waals surface area contributed by atoms with Crippen LogP contribution in [0.4, 0.5) is 5.69 Å². The first-order chi connectivity index (χ1) is 13.1. The summed E-state index contributed by atoms with van der Waals surface area (Å²) in [7, 11) is 1.57. The van der Waals surface area contributed by atoms with Gasteiger partial charge in [-0.2, -0.15) is 0 Å². The van der Waals surface area contributed by atoms with Gasteiger partial charge in [0.2, 0.25) is 11.8 Å². The molecule has 8 heteroatoms. The van der Waals surface area contributed by atoms with Crippen molar-refractivity contribution < 1.29 is 14.3 Å². The van der Waals surface area contributed by atoms with Crippen LogP contribution < -0.4 is 15.4 Å². The molecule has 1 atom stereocenters. The number of amides is 2. The van der Waals surface area contributed by atoms with Gasteiger partial charge in [0.25, 0.3) is 0 Å². The van der Waals surface area contributed by atoms with E-state index in [2.05, 4.69) is 10.6 Å². The summed E-state index contributed by atoms with van der Waals surface area (Å²) in [5, 5.41) is 6.57. The van der Waals surface area contributed by atoms with Crippen molar-refractivity contribution in [3.63, 3.8) is 0 Å². The van der Waals surface area contributed by atoms with Gasteiger partial charge < -0.3 is 20.3 Å². The molecular formula is C20H23Cl2N3O3. The largest absolute Gasteiger partial charge is 0.497 e. The highest BCUT2D eigenvalue weighted by Gasteiger charge is 2.30. The number of carbonyl (C=O) groups excluding carboxylic acids is 2. The smallest absolute Gasteiger partial charge is 0.240 e. The maximum atomic E-state index is 12.7. The lowest BCUT2D eigenvalue weighted by molar-refractivity contribution is -0.138. The minimum absolute atomic E-state index is 0. The topological polar surface area (TPSA) is 70.7 Å². The van der Waals surface area contributed by atoms with Crippen LogP contribution in [-0.4, -0.2) is 43.0 Å². The summed E-state index contributed by atoms with van der Waals surface area (Å²) in [6.07, 6.45) is 0.0645. The number of methoxy groups -OCH3 is 1. The van der Waals surface area contributed by atoms with Crippen molar-refractivity contribution in [3.8, 4) is 5.75 Å². The molecule has 150 valence electrons. The molecule has 3 rings (SSSR count). The van der Waals surface area contributed by atoms with Crippen LogP contribution in [0.15, 0.2) is 48.5 Å². The molecule has 2 aromatic carbocycles. The number of piperazine rings is 1. The Bertz CT molecular complexity index is 832. The second-order valence-electron chi connectivity index (χ2n) is 6.34. The maximum Gasteiger partial charge on any atom is 0.240 e. The summed E-state index contributed by atoms with van der Waals surface area (Å²) in [6, 6.07) is 14.0. The maximum absolute atomic E-state index is 12.7. The van der Waals surface area contributed by atoms with E-state index >= 15 is 0 Å². The van der Waals surface area contributed by atoms with Crippen molar-refractivity contribution in [2.24, 2.45) is 0 Å². The Kier molecular flexibility index (Phi) is 8.11. The van der Waals surface area contributed by atoms with Crippen molar-refractivity contribution in [3.05, 3.63) is 59.1 Å². The van der Waals surface area contributed by atoms with E-state index in [1.165, 1.54) is 0 Å². The van der Waals surface area contributed by atoms with E-state index in [9.17, 15) is 9.59 Å². The van der Waals surface area contributed by atoms with Crippen LogP contribution in [-0.2, 0) is 16.1 Å². The lowest BCUT2D eigenvalue weighted by atomic mass is 10.1. The number of nitrogens with one attached hydrogen (secondary N) is 2. The van der Waals surface area contributed by atoms with E-state index < -0.39 is 6.04 Å². The second kappa shape index (κ2) is 10.3. The van der Waals surface area contributed by atoms with Crippen LogP contribution >= 0.6 is 24.0 Å². The van der Waals surface area contributed by atoms with Crippen LogP contribution in [0, 0.1) is 0 Å². The van der Waals surface area contributed by atoms with Crippen LogP contribution in [0.3, 0.4) is 0 Å². The monoisotopic (exact) mass is 423 g/mol. The lowest BCUT2D eigenvalue weighted by Crippen LogP contribution is -2.55. The third kappa shape index (κ3) is 5.61. The molecule has 2 amide bonds. The zero-order chi connectivity index (χ0) is 19.2. The molecule has 0 bridgehead atoms. The SMILES string of the molecule is COc1cccc(NC(=O)CC2NCCN(Cc3ccccc3Cl)C2=O)c1.Cl. The molecule has 1 aliphatic rings. The van der Waals surface area contributed by atoms with E-state index in [-0.39, 0.29) is 30.6 Å². The first-order valence-corrected chi connectivity index (χ1v) is 9.14. The number of ether oxygens (including phenoxy) is 1. The molecule has 1 unspecified atom stereocenters. The van der Waals surface area contributed by atoms with Gasteiger partial charge >= 0.3 is 0 Å². The highest BCUT2D eigenvalue weighted by atomic mass is 35.5. The van der Waals surface area contributed by atoms with E-state index in [4.69, 9.17) is 16.3 Å². The quantitative estimate of drug-likeness (QED) is 0.748. The van der Waals surface area contributed by atoms with Gasteiger partial charge in [-0.05, 0) is 23.8 Å². The predicted octanol–water partition coefficient (Wildman–Crippen LogP) is 3.10. The lowest BCUT2D eigenvalue weighted by Gasteiger charge is -2.33. The minimum atomic E-state index is -0.549. The van der Waals surface area contributed by atoms with Gasteiger partial charge in [0, 0.05) is 36.4 Å². The van der Waals surface area contributed by atoms with Gasteiger partial charge in [0.1, 0.15) is 5.75 Å². The third-order valence-corrected chi connectivity index (χ3v) is 4.81. The molecule has 1 heterocycles. The van der Waals surface area contributed by atoms with Gasteiger partial charge in [-0.25, -0.2) is 0 Å². The highest BCUT2D eigenvalue weighted by molar-refractivity contribution is 6.31. The average molecular weight is 424 g/mol. The predicted molar refractivity (Wildman–Crippen MR) is 112 cm³/mol. The van der Waals surface area contributed by atoms with E-state index in [1.807, 2.05) is 24.3 Å². The van der Waals surface area contributed by atoms with Crippen molar-refractivity contribution in [2.45, 2.75) is 19.0 Å². The van der Waals surface area contributed by atoms with Gasteiger partial charge in [-0.1, -0.05) is 35.9 Å². The molecule has 1 fully saturated rings. The molecule has 1 saturated heterocycles. The molecule has 2 N–H and O–H groups in total. The fraction of sp³-hybridized carbons (Fsp3) is 0.300. The van der Waals surface area contributed by atoms with Gasteiger partial charge in [0.05, 0.1) is 19.6 Å². The Hall–Kier alpha value is -2.28. The first kappa shape index (κ1) is 22.0. The summed E-state index contributed by atoms with van der Waals surface area (Å²) in [4.78, 5) is 26.8. The van der Waals surface area contributed by atoms with E-state index in [1.54, 1.807) is 36.3 Å². The molecule has 0 spiro atoms. The second-order valence-corrected chi connectivity index (χ2v) is 6.75. The Morgan fingerprint density at radius 1 is 1.29 bits per heavy atom. The number of hydrogen-bond acceptors (Lipinski definition) is 4. The van der Waals surface area contributed by atoms with Crippen LogP contribution in [0.25, 0.3) is 0 Å². The van der Waals surface area contributed by atoms with Crippen LogP contribution in [0.1, 0.15) is 12.0 Å².